The van der Waals surface area contributed by atoms with Gasteiger partial charge in [0.1, 0.15) is 5.54 Å². The maximum atomic E-state index is 12.2. The molecule has 2 aromatic rings. The van der Waals surface area contributed by atoms with Gasteiger partial charge in [-0.1, -0.05) is 67.6 Å². The average molecular weight is 268 g/mol. The Morgan fingerprint density at radius 3 is 2.10 bits per heavy atom. The van der Waals surface area contributed by atoms with Crippen LogP contribution in [0.15, 0.2) is 60.7 Å². The second-order valence-corrected chi connectivity index (χ2v) is 4.83. The lowest BCUT2D eigenvalue weighted by molar-refractivity contribution is -0.124. The van der Waals surface area contributed by atoms with Crippen molar-refractivity contribution in [2.24, 2.45) is 5.73 Å². The molecule has 104 valence electrons. The fourth-order valence-corrected chi connectivity index (χ4v) is 2.51. The van der Waals surface area contributed by atoms with Crippen LogP contribution in [0.1, 0.15) is 18.1 Å². The van der Waals surface area contributed by atoms with Crippen LogP contribution in [0.25, 0.3) is 0 Å². The Bertz CT molecular complexity index is 554. The van der Waals surface area contributed by atoms with Crippen LogP contribution in [0.3, 0.4) is 0 Å². The van der Waals surface area contributed by atoms with Gasteiger partial charge in [0.05, 0.1) is 0 Å². The second kappa shape index (κ2) is 6.35. The van der Waals surface area contributed by atoms with E-state index in [1.54, 1.807) is 0 Å². The number of amides is 1. The highest BCUT2D eigenvalue weighted by Gasteiger charge is 2.37. The normalized spacial score (nSPS) is 13.7. The molecule has 0 aliphatic heterocycles. The van der Waals surface area contributed by atoms with Crippen molar-refractivity contribution in [2.45, 2.75) is 18.9 Å². The zero-order valence-corrected chi connectivity index (χ0v) is 11.7. The maximum Gasteiger partial charge on any atom is 0.242 e. The van der Waals surface area contributed by atoms with Gasteiger partial charge in [0.2, 0.25) is 5.91 Å². The number of carbonyl (C=O) groups excluding carboxylic acids is 1. The zero-order chi connectivity index (χ0) is 14.4. The molecule has 3 N–H and O–H groups in total. The number of primary amides is 1. The van der Waals surface area contributed by atoms with E-state index in [1.165, 1.54) is 0 Å². The quantitative estimate of drug-likeness (QED) is 0.844. The third-order valence-electron chi connectivity index (χ3n) is 3.48. The summed E-state index contributed by atoms with van der Waals surface area (Å²) in [6, 6.07) is 19.6. The molecule has 1 amide bonds. The highest BCUT2D eigenvalue weighted by atomic mass is 16.1. The first-order valence-corrected chi connectivity index (χ1v) is 6.83. The van der Waals surface area contributed by atoms with Crippen molar-refractivity contribution in [1.29, 1.82) is 0 Å². The van der Waals surface area contributed by atoms with Gasteiger partial charge in [-0.25, -0.2) is 0 Å². The van der Waals surface area contributed by atoms with Crippen molar-refractivity contribution in [1.82, 2.24) is 5.32 Å². The molecule has 0 spiro atoms. The van der Waals surface area contributed by atoms with Crippen LogP contribution in [0.2, 0.25) is 0 Å². The van der Waals surface area contributed by atoms with Crippen LogP contribution in [-0.4, -0.2) is 12.5 Å². The summed E-state index contributed by atoms with van der Waals surface area (Å²) in [5.74, 6) is -0.352. The first-order valence-electron chi connectivity index (χ1n) is 6.83. The molecular formula is C17H20N2O. The number of rotatable bonds is 6. The lowest BCUT2D eigenvalue weighted by Gasteiger charge is -2.32. The number of nitrogens with two attached hydrogens (primary N) is 1. The van der Waals surface area contributed by atoms with E-state index >= 15 is 0 Å². The van der Waals surface area contributed by atoms with Crippen molar-refractivity contribution in [2.75, 3.05) is 6.54 Å². The third-order valence-corrected chi connectivity index (χ3v) is 3.48. The van der Waals surface area contributed by atoms with Crippen LogP contribution in [0.4, 0.5) is 0 Å². The SMILES string of the molecule is CCNC(Cc1ccccc1)(C(N)=O)c1ccccc1. The summed E-state index contributed by atoms with van der Waals surface area (Å²) in [5, 5.41) is 3.29. The summed E-state index contributed by atoms with van der Waals surface area (Å²) in [6.45, 7) is 2.65. The van der Waals surface area contributed by atoms with E-state index in [0.717, 1.165) is 11.1 Å². The van der Waals surface area contributed by atoms with Crippen molar-refractivity contribution in [3.63, 3.8) is 0 Å². The van der Waals surface area contributed by atoms with Crippen LogP contribution >= 0.6 is 0 Å². The van der Waals surface area contributed by atoms with E-state index in [-0.39, 0.29) is 5.91 Å². The Balaban J connectivity index is 2.45. The predicted octanol–water partition coefficient (Wildman–Crippen LogP) is 2.22. The van der Waals surface area contributed by atoms with E-state index in [0.29, 0.717) is 13.0 Å². The largest absolute Gasteiger partial charge is 0.368 e. The molecule has 0 heterocycles. The standard InChI is InChI=1S/C17H20N2O/c1-2-19-17(16(18)20,15-11-7-4-8-12-15)13-14-9-5-3-6-10-14/h3-12,19H,2,13H2,1H3,(H2,18,20). The first-order chi connectivity index (χ1) is 9.69. The van der Waals surface area contributed by atoms with E-state index < -0.39 is 5.54 Å². The minimum atomic E-state index is -0.864. The summed E-state index contributed by atoms with van der Waals surface area (Å²) in [7, 11) is 0. The minimum Gasteiger partial charge on any atom is -0.368 e. The van der Waals surface area contributed by atoms with Gasteiger partial charge >= 0.3 is 0 Å². The maximum absolute atomic E-state index is 12.2. The highest BCUT2D eigenvalue weighted by molar-refractivity contribution is 5.86. The Labute approximate surface area is 119 Å². The van der Waals surface area contributed by atoms with Crippen LogP contribution in [0.5, 0.6) is 0 Å². The number of carbonyl (C=O) groups is 1. The Morgan fingerprint density at radius 1 is 1.05 bits per heavy atom. The predicted molar refractivity (Wildman–Crippen MR) is 81.1 cm³/mol. The van der Waals surface area contributed by atoms with Gasteiger partial charge < -0.3 is 5.73 Å². The number of nitrogens with one attached hydrogen (secondary N) is 1. The lowest BCUT2D eigenvalue weighted by Crippen LogP contribution is -2.54. The summed E-state index contributed by atoms with van der Waals surface area (Å²) in [4.78, 5) is 12.2. The zero-order valence-electron chi connectivity index (χ0n) is 11.7. The summed E-state index contributed by atoms with van der Waals surface area (Å²) in [6.07, 6.45) is 0.543. The van der Waals surface area contributed by atoms with E-state index in [9.17, 15) is 4.79 Å². The van der Waals surface area contributed by atoms with Gasteiger partial charge in [-0.05, 0) is 17.7 Å². The highest BCUT2D eigenvalue weighted by Crippen LogP contribution is 2.25. The summed E-state index contributed by atoms with van der Waals surface area (Å²) >= 11 is 0. The molecule has 0 saturated carbocycles. The molecule has 1 atom stereocenters. The van der Waals surface area contributed by atoms with Gasteiger partial charge in [0.25, 0.3) is 0 Å². The molecule has 0 radical (unpaired) electrons. The Hall–Kier alpha value is -2.13. The fraction of sp³-hybridized carbons (Fsp3) is 0.235. The summed E-state index contributed by atoms with van der Waals surface area (Å²) < 4.78 is 0. The molecule has 2 rings (SSSR count). The molecular weight excluding hydrogens is 248 g/mol. The minimum absolute atomic E-state index is 0.352. The smallest absolute Gasteiger partial charge is 0.242 e. The Morgan fingerprint density at radius 2 is 1.60 bits per heavy atom. The van der Waals surface area contributed by atoms with Crippen molar-refractivity contribution in [3.8, 4) is 0 Å². The van der Waals surface area contributed by atoms with Crippen molar-refractivity contribution in [3.05, 3.63) is 71.8 Å². The third kappa shape index (κ3) is 2.89. The van der Waals surface area contributed by atoms with Crippen LogP contribution < -0.4 is 11.1 Å². The van der Waals surface area contributed by atoms with Gasteiger partial charge in [0, 0.05) is 6.42 Å². The molecule has 0 bridgehead atoms. The molecule has 20 heavy (non-hydrogen) atoms. The molecule has 0 aromatic heterocycles. The topological polar surface area (TPSA) is 55.1 Å². The fourth-order valence-electron chi connectivity index (χ4n) is 2.51. The number of hydrogen-bond acceptors (Lipinski definition) is 2. The molecule has 0 aliphatic carbocycles. The van der Waals surface area contributed by atoms with Gasteiger partial charge in [-0.3, -0.25) is 10.1 Å². The molecule has 3 nitrogen and oxygen atoms in total. The second-order valence-electron chi connectivity index (χ2n) is 4.83. The number of benzene rings is 2. The lowest BCUT2D eigenvalue weighted by atomic mass is 9.83. The van der Waals surface area contributed by atoms with E-state index in [4.69, 9.17) is 5.73 Å². The van der Waals surface area contributed by atoms with Gasteiger partial charge in [-0.15, -0.1) is 0 Å². The average Bonchev–Trinajstić information content (AvgIpc) is 2.48. The first kappa shape index (κ1) is 14.3. The number of likely N-dealkylation sites (N-methyl/N-ethyl adjacent to an activating group) is 1. The molecule has 1 unspecified atom stereocenters. The van der Waals surface area contributed by atoms with E-state index in [1.807, 2.05) is 67.6 Å². The van der Waals surface area contributed by atoms with Crippen LogP contribution in [0, 0.1) is 0 Å². The molecule has 0 fully saturated rings. The van der Waals surface area contributed by atoms with Crippen LogP contribution in [-0.2, 0) is 16.8 Å². The molecule has 3 heteroatoms. The molecule has 0 saturated heterocycles. The van der Waals surface area contributed by atoms with Gasteiger partial charge in [0.15, 0.2) is 0 Å². The molecule has 2 aromatic carbocycles. The summed E-state index contributed by atoms with van der Waals surface area (Å²) in [5.41, 5.74) is 6.85. The van der Waals surface area contributed by atoms with Crippen molar-refractivity contribution < 1.29 is 4.79 Å². The number of hydrogen-bond donors (Lipinski definition) is 2. The Kier molecular flexibility index (Phi) is 4.53. The van der Waals surface area contributed by atoms with Gasteiger partial charge in [-0.2, -0.15) is 0 Å². The molecule has 0 aliphatic rings. The monoisotopic (exact) mass is 268 g/mol. The van der Waals surface area contributed by atoms with E-state index in [2.05, 4.69) is 5.32 Å². The van der Waals surface area contributed by atoms with Crippen molar-refractivity contribution >= 4 is 5.91 Å².